The summed E-state index contributed by atoms with van der Waals surface area (Å²) in [6.45, 7) is 8.08. The van der Waals surface area contributed by atoms with Crippen LogP contribution in [0, 0.1) is 0 Å². The fourth-order valence-electron chi connectivity index (χ4n) is 4.64. The largest absolute Gasteiger partial charge is 0.497 e. The highest BCUT2D eigenvalue weighted by molar-refractivity contribution is 7.54. The van der Waals surface area contributed by atoms with Crippen LogP contribution in [0.25, 0.3) is 0 Å². The molecule has 2 unspecified atom stereocenters. The van der Waals surface area contributed by atoms with Gasteiger partial charge in [-0.2, -0.15) is 0 Å². The lowest BCUT2D eigenvalue weighted by Gasteiger charge is -2.29. The second-order valence-electron chi connectivity index (χ2n) is 8.77. The lowest BCUT2D eigenvalue weighted by molar-refractivity contribution is 0.214. The van der Waals surface area contributed by atoms with E-state index in [0.717, 1.165) is 22.3 Å². The SMILES string of the molecule is CCOP(=O)(OCC)C(c1ccc(OC)cc1)c1ccc(C(c2ccc(OC)cc2)P(=O)(OCC)OCC)cc1. The third kappa shape index (κ3) is 7.44. The normalized spacial score (nSPS) is 13.6. The minimum atomic E-state index is -3.62. The van der Waals surface area contributed by atoms with Gasteiger partial charge >= 0.3 is 15.2 Å². The first kappa shape index (κ1) is 32.1. The van der Waals surface area contributed by atoms with Crippen molar-refractivity contribution in [2.75, 3.05) is 40.6 Å². The van der Waals surface area contributed by atoms with Gasteiger partial charge in [-0.05, 0) is 74.2 Å². The summed E-state index contributed by atoms with van der Waals surface area (Å²) in [4.78, 5) is 0. The zero-order valence-corrected chi connectivity index (χ0v) is 25.9. The van der Waals surface area contributed by atoms with E-state index < -0.39 is 26.5 Å². The van der Waals surface area contributed by atoms with E-state index in [1.165, 1.54) is 0 Å². The molecule has 3 aromatic rings. The molecule has 0 amide bonds. The van der Waals surface area contributed by atoms with Crippen molar-refractivity contribution in [3.63, 3.8) is 0 Å². The molecule has 10 heteroatoms. The van der Waals surface area contributed by atoms with Gasteiger partial charge in [0, 0.05) is 0 Å². The van der Waals surface area contributed by atoms with Gasteiger partial charge in [0.15, 0.2) is 0 Å². The minimum absolute atomic E-state index is 0.230. The van der Waals surface area contributed by atoms with Gasteiger partial charge in [-0.3, -0.25) is 9.13 Å². The molecule has 0 aliphatic carbocycles. The van der Waals surface area contributed by atoms with Gasteiger partial charge in [0.2, 0.25) is 0 Å². The fourth-order valence-corrected chi connectivity index (χ4v) is 8.97. The number of hydrogen-bond acceptors (Lipinski definition) is 8. The van der Waals surface area contributed by atoms with Crippen LogP contribution in [0.5, 0.6) is 11.5 Å². The predicted molar refractivity (Wildman–Crippen MR) is 158 cm³/mol. The fraction of sp³-hybridized carbons (Fsp3) is 0.400. The molecule has 3 rings (SSSR count). The Labute approximate surface area is 238 Å². The van der Waals surface area contributed by atoms with Crippen molar-refractivity contribution in [1.82, 2.24) is 0 Å². The molecule has 0 saturated carbocycles. The first-order chi connectivity index (χ1) is 19.3. The zero-order chi connectivity index (χ0) is 29.2. The van der Waals surface area contributed by atoms with E-state index in [2.05, 4.69) is 0 Å². The topological polar surface area (TPSA) is 89.5 Å². The lowest BCUT2D eigenvalue weighted by atomic mass is 9.99. The minimum Gasteiger partial charge on any atom is -0.497 e. The Kier molecular flexibility index (Phi) is 12.0. The van der Waals surface area contributed by atoms with Gasteiger partial charge in [0.25, 0.3) is 0 Å². The Morgan fingerprint density at radius 2 is 0.700 bits per heavy atom. The zero-order valence-electron chi connectivity index (χ0n) is 24.1. The second kappa shape index (κ2) is 15.0. The quantitative estimate of drug-likeness (QED) is 0.154. The van der Waals surface area contributed by atoms with Gasteiger partial charge in [0.1, 0.15) is 22.8 Å². The predicted octanol–water partition coefficient (Wildman–Crippen LogP) is 8.41. The maximum Gasteiger partial charge on any atom is 0.342 e. The van der Waals surface area contributed by atoms with Crippen LogP contribution in [0.4, 0.5) is 0 Å². The summed E-state index contributed by atoms with van der Waals surface area (Å²) < 4.78 is 62.0. The van der Waals surface area contributed by atoms with Gasteiger partial charge in [0.05, 0.1) is 40.6 Å². The van der Waals surface area contributed by atoms with Crippen LogP contribution in [-0.4, -0.2) is 40.6 Å². The monoisotopic (exact) mass is 590 g/mol. The Morgan fingerprint density at radius 3 is 0.900 bits per heavy atom. The standard InChI is InChI=1S/C30H40O8P2/c1-7-35-39(31,36-8-2)29(25-15-19-27(33-5)20-16-25)23-11-13-24(14-12-23)30(40(32,37-9-3)38-10-4)26-17-21-28(34-6)22-18-26/h11-22,29-30H,7-10H2,1-6H3. The summed E-state index contributed by atoms with van der Waals surface area (Å²) in [5.41, 5.74) is 1.62. The molecule has 2 atom stereocenters. The summed E-state index contributed by atoms with van der Waals surface area (Å²) in [6.07, 6.45) is 0. The van der Waals surface area contributed by atoms with Crippen LogP contribution in [0.2, 0.25) is 0 Å². The molecule has 8 nitrogen and oxygen atoms in total. The Bertz CT molecular complexity index is 1160. The third-order valence-corrected chi connectivity index (χ3v) is 11.2. The van der Waals surface area contributed by atoms with Crippen molar-refractivity contribution in [3.05, 3.63) is 95.1 Å². The molecule has 0 radical (unpaired) electrons. The molecule has 0 aliphatic heterocycles. The van der Waals surface area contributed by atoms with E-state index >= 15 is 0 Å². The number of methoxy groups -OCH3 is 2. The molecule has 0 N–H and O–H groups in total. The number of rotatable bonds is 16. The van der Waals surface area contributed by atoms with Crippen LogP contribution in [0.1, 0.15) is 61.3 Å². The molecule has 0 aromatic heterocycles. The van der Waals surface area contributed by atoms with Crippen molar-refractivity contribution in [1.29, 1.82) is 0 Å². The molecule has 0 aliphatic rings. The molecule has 0 bridgehead atoms. The van der Waals surface area contributed by atoms with E-state index in [9.17, 15) is 9.13 Å². The Balaban J connectivity index is 2.15. The van der Waals surface area contributed by atoms with Gasteiger partial charge < -0.3 is 27.6 Å². The number of benzene rings is 3. The summed E-state index contributed by atoms with van der Waals surface area (Å²) in [5, 5.41) is 0. The van der Waals surface area contributed by atoms with Crippen LogP contribution in [0.3, 0.4) is 0 Å². The van der Waals surface area contributed by atoms with Crippen LogP contribution >= 0.6 is 15.2 Å². The molecule has 0 saturated heterocycles. The lowest BCUT2D eigenvalue weighted by Crippen LogP contribution is -2.11. The highest BCUT2D eigenvalue weighted by atomic mass is 31.2. The molecule has 0 spiro atoms. The van der Waals surface area contributed by atoms with Crippen LogP contribution in [-0.2, 0) is 27.2 Å². The first-order valence-corrected chi connectivity index (χ1v) is 16.7. The first-order valence-electron chi connectivity index (χ1n) is 13.4. The van der Waals surface area contributed by atoms with E-state index in [-0.39, 0.29) is 26.4 Å². The van der Waals surface area contributed by atoms with Gasteiger partial charge in [-0.15, -0.1) is 0 Å². The molecular weight excluding hydrogens is 550 g/mol. The molecular formula is C30H40O8P2. The van der Waals surface area contributed by atoms with E-state index in [4.69, 9.17) is 27.6 Å². The Hall–Kier alpha value is -2.44. The van der Waals surface area contributed by atoms with E-state index in [1.807, 2.05) is 72.8 Å². The maximum atomic E-state index is 14.1. The smallest absolute Gasteiger partial charge is 0.342 e. The summed E-state index contributed by atoms with van der Waals surface area (Å²) in [6, 6.07) is 22.2. The number of ether oxygens (including phenoxy) is 2. The summed E-state index contributed by atoms with van der Waals surface area (Å²) >= 11 is 0. The molecule has 40 heavy (non-hydrogen) atoms. The number of hydrogen-bond donors (Lipinski definition) is 0. The summed E-state index contributed by atoms with van der Waals surface area (Å²) in [5.74, 6) is 1.37. The van der Waals surface area contributed by atoms with Crippen LogP contribution in [0.15, 0.2) is 72.8 Å². The van der Waals surface area contributed by atoms with Crippen molar-refractivity contribution in [3.8, 4) is 11.5 Å². The maximum absolute atomic E-state index is 14.1. The van der Waals surface area contributed by atoms with Crippen molar-refractivity contribution in [2.45, 2.75) is 39.0 Å². The van der Waals surface area contributed by atoms with E-state index in [1.54, 1.807) is 41.9 Å². The van der Waals surface area contributed by atoms with Gasteiger partial charge in [-0.1, -0.05) is 48.5 Å². The van der Waals surface area contributed by atoms with Crippen LogP contribution < -0.4 is 9.47 Å². The third-order valence-electron chi connectivity index (χ3n) is 6.30. The van der Waals surface area contributed by atoms with Crippen molar-refractivity contribution < 1.29 is 36.7 Å². The average Bonchev–Trinajstić information content (AvgIpc) is 2.95. The molecule has 0 fully saturated rings. The molecule has 3 aromatic carbocycles. The highest BCUT2D eigenvalue weighted by Gasteiger charge is 2.40. The second-order valence-corrected chi connectivity index (χ2v) is 13.0. The van der Waals surface area contributed by atoms with Crippen molar-refractivity contribution >= 4 is 15.2 Å². The molecule has 218 valence electrons. The Morgan fingerprint density at radius 1 is 0.475 bits per heavy atom. The molecule has 0 heterocycles. The van der Waals surface area contributed by atoms with E-state index in [0.29, 0.717) is 11.5 Å². The summed E-state index contributed by atoms with van der Waals surface area (Å²) in [7, 11) is -4.04. The average molecular weight is 591 g/mol. The highest BCUT2D eigenvalue weighted by Crippen LogP contribution is 2.65. The van der Waals surface area contributed by atoms with Gasteiger partial charge in [-0.25, -0.2) is 0 Å². The van der Waals surface area contributed by atoms with Crippen molar-refractivity contribution in [2.24, 2.45) is 0 Å².